The molecule has 0 bridgehead atoms. The quantitative estimate of drug-likeness (QED) is 0.560. The van der Waals surface area contributed by atoms with Crippen molar-refractivity contribution in [2.24, 2.45) is 0 Å². The summed E-state index contributed by atoms with van der Waals surface area (Å²) < 4.78 is 76.3. The first-order valence-corrected chi connectivity index (χ1v) is 7.44. The maximum atomic E-state index is 12.8. The van der Waals surface area contributed by atoms with Crippen molar-refractivity contribution in [3.63, 3.8) is 0 Å². The van der Waals surface area contributed by atoms with Gasteiger partial charge >= 0.3 is 18.4 Å². The molecule has 0 aliphatic rings. The van der Waals surface area contributed by atoms with E-state index in [0.717, 1.165) is 24.3 Å². The van der Waals surface area contributed by atoms with E-state index in [4.69, 9.17) is 0 Å². The molecule has 27 heavy (non-hydrogen) atoms. The van der Waals surface area contributed by atoms with E-state index in [-0.39, 0.29) is 17.8 Å². The van der Waals surface area contributed by atoms with Gasteiger partial charge in [0.1, 0.15) is 0 Å². The van der Waals surface area contributed by atoms with E-state index in [1.807, 2.05) is 0 Å². The Morgan fingerprint density at radius 1 is 0.926 bits per heavy atom. The van der Waals surface area contributed by atoms with Crippen LogP contribution in [0.2, 0.25) is 0 Å². The summed E-state index contributed by atoms with van der Waals surface area (Å²) in [6.45, 7) is -0.295. The number of halogens is 6. The third-order valence-electron chi connectivity index (χ3n) is 3.24. The molecule has 0 aromatic heterocycles. The van der Waals surface area contributed by atoms with Crippen LogP contribution in [0.15, 0.2) is 48.5 Å². The van der Waals surface area contributed by atoms with Crippen LogP contribution in [0.1, 0.15) is 16.7 Å². The highest BCUT2D eigenvalue weighted by Gasteiger charge is 2.32. The van der Waals surface area contributed by atoms with Crippen LogP contribution in [0.4, 0.5) is 36.8 Å². The lowest BCUT2D eigenvalue weighted by molar-refractivity contribution is -0.138. The predicted octanol–water partition coefficient (Wildman–Crippen LogP) is 4.90. The van der Waals surface area contributed by atoms with Crippen LogP contribution >= 0.6 is 0 Å². The summed E-state index contributed by atoms with van der Waals surface area (Å²) in [5, 5.41) is 4.42. The monoisotopic (exact) mass is 386 g/mol. The minimum absolute atomic E-state index is 0.0855. The Bertz CT molecular complexity index is 878. The summed E-state index contributed by atoms with van der Waals surface area (Å²) in [5.74, 6) is 4.67. The normalized spacial score (nSPS) is 11.3. The van der Waals surface area contributed by atoms with E-state index in [9.17, 15) is 31.1 Å². The van der Waals surface area contributed by atoms with Gasteiger partial charge in [-0.2, -0.15) is 26.3 Å². The predicted molar refractivity (Wildman–Crippen MR) is 86.8 cm³/mol. The van der Waals surface area contributed by atoms with Crippen LogP contribution in [0, 0.1) is 11.8 Å². The minimum atomic E-state index is -4.56. The zero-order valence-electron chi connectivity index (χ0n) is 13.5. The molecule has 2 aromatic carbocycles. The second-order valence-electron chi connectivity index (χ2n) is 5.23. The van der Waals surface area contributed by atoms with E-state index in [2.05, 4.69) is 22.5 Å². The fourth-order valence-corrected chi connectivity index (χ4v) is 2.05. The lowest BCUT2D eigenvalue weighted by Gasteiger charge is -2.10. The summed E-state index contributed by atoms with van der Waals surface area (Å²) >= 11 is 0. The van der Waals surface area contributed by atoms with Crippen LogP contribution in [-0.4, -0.2) is 12.6 Å². The van der Waals surface area contributed by atoms with Crippen molar-refractivity contribution < 1.29 is 31.1 Å². The van der Waals surface area contributed by atoms with Crippen LogP contribution in [0.25, 0.3) is 0 Å². The third-order valence-corrected chi connectivity index (χ3v) is 3.24. The highest BCUT2D eigenvalue weighted by molar-refractivity contribution is 5.89. The van der Waals surface area contributed by atoms with E-state index in [0.29, 0.717) is 0 Å². The van der Waals surface area contributed by atoms with E-state index in [1.54, 1.807) is 0 Å². The standard InChI is InChI=1S/C18H12F6N2O/c19-17(20,21)13-7-3-8-14(11-13)26-16(27)25-10-4-6-12-5-1-2-9-15(12)18(22,23)24/h1-3,5,7-9,11H,10H2,(H2,25,26,27). The van der Waals surface area contributed by atoms with Crippen molar-refractivity contribution in [3.8, 4) is 11.8 Å². The van der Waals surface area contributed by atoms with Gasteiger partial charge < -0.3 is 10.6 Å². The third kappa shape index (κ3) is 5.95. The van der Waals surface area contributed by atoms with Crippen LogP contribution < -0.4 is 10.6 Å². The number of hydrogen-bond donors (Lipinski definition) is 2. The molecule has 0 atom stereocenters. The second-order valence-corrected chi connectivity index (χ2v) is 5.23. The van der Waals surface area contributed by atoms with Gasteiger partial charge in [0.2, 0.25) is 0 Å². The molecule has 0 spiro atoms. The molecular formula is C18H12F6N2O. The number of rotatable bonds is 2. The molecule has 0 radical (unpaired) electrons. The molecule has 0 heterocycles. The molecular weight excluding hydrogens is 374 g/mol. The van der Waals surface area contributed by atoms with Crippen molar-refractivity contribution in [1.29, 1.82) is 0 Å². The fraction of sp³-hybridized carbons (Fsp3) is 0.167. The molecule has 142 valence electrons. The van der Waals surface area contributed by atoms with Crippen molar-refractivity contribution in [2.45, 2.75) is 12.4 Å². The van der Waals surface area contributed by atoms with Gasteiger partial charge in [-0.3, -0.25) is 0 Å². The number of alkyl halides is 6. The lowest BCUT2D eigenvalue weighted by atomic mass is 10.1. The molecule has 2 amide bonds. The van der Waals surface area contributed by atoms with Gasteiger partial charge in [0.05, 0.1) is 17.7 Å². The molecule has 0 saturated heterocycles. The van der Waals surface area contributed by atoms with Crippen LogP contribution in [-0.2, 0) is 12.4 Å². The zero-order chi connectivity index (χ0) is 20.1. The van der Waals surface area contributed by atoms with Gasteiger partial charge in [-0.15, -0.1) is 0 Å². The van der Waals surface area contributed by atoms with Crippen LogP contribution in [0.3, 0.4) is 0 Å². The number of anilines is 1. The summed E-state index contributed by atoms with van der Waals surface area (Å²) in [6, 6.07) is 7.87. The van der Waals surface area contributed by atoms with E-state index < -0.39 is 29.5 Å². The smallest absolute Gasteiger partial charge is 0.327 e. The van der Waals surface area contributed by atoms with Gasteiger partial charge in [0.25, 0.3) is 0 Å². The summed E-state index contributed by atoms with van der Waals surface area (Å²) in [4.78, 5) is 11.7. The summed E-state index contributed by atoms with van der Waals surface area (Å²) in [5.41, 5.74) is -2.16. The average Bonchev–Trinajstić information content (AvgIpc) is 2.58. The highest BCUT2D eigenvalue weighted by Crippen LogP contribution is 2.31. The number of urea groups is 1. The van der Waals surface area contributed by atoms with Crippen molar-refractivity contribution in [2.75, 3.05) is 11.9 Å². The SMILES string of the molecule is O=C(NCC#Cc1ccccc1C(F)(F)F)Nc1cccc(C(F)(F)F)c1. The molecule has 0 fully saturated rings. The topological polar surface area (TPSA) is 41.1 Å². The number of carbonyl (C=O) groups excluding carboxylic acids is 1. The van der Waals surface area contributed by atoms with Gasteiger partial charge in [0, 0.05) is 11.3 Å². The number of nitrogens with one attached hydrogen (secondary N) is 2. The van der Waals surface area contributed by atoms with E-state index in [1.165, 1.54) is 24.3 Å². The molecule has 2 N–H and O–H groups in total. The number of hydrogen-bond acceptors (Lipinski definition) is 1. The van der Waals surface area contributed by atoms with Crippen molar-refractivity contribution >= 4 is 11.7 Å². The van der Waals surface area contributed by atoms with Crippen molar-refractivity contribution in [3.05, 3.63) is 65.2 Å². The molecule has 0 saturated carbocycles. The van der Waals surface area contributed by atoms with Crippen LogP contribution in [0.5, 0.6) is 0 Å². The average molecular weight is 386 g/mol. The Kier molecular flexibility index (Phi) is 6.00. The molecule has 2 aromatic rings. The van der Waals surface area contributed by atoms with Gasteiger partial charge in [-0.05, 0) is 30.3 Å². The Hall–Kier alpha value is -3.15. The fourth-order valence-electron chi connectivity index (χ4n) is 2.05. The van der Waals surface area contributed by atoms with Gasteiger partial charge in [-0.25, -0.2) is 4.79 Å². The second kappa shape index (κ2) is 8.03. The Balaban J connectivity index is 1.96. The minimum Gasteiger partial charge on any atom is -0.327 e. The van der Waals surface area contributed by atoms with E-state index >= 15 is 0 Å². The lowest BCUT2D eigenvalue weighted by Crippen LogP contribution is -2.29. The molecule has 2 rings (SSSR count). The van der Waals surface area contributed by atoms with Crippen molar-refractivity contribution in [1.82, 2.24) is 5.32 Å². The van der Waals surface area contributed by atoms with Gasteiger partial charge in [-0.1, -0.05) is 30.0 Å². The largest absolute Gasteiger partial charge is 0.417 e. The molecule has 0 aliphatic carbocycles. The Morgan fingerprint density at radius 3 is 2.30 bits per heavy atom. The molecule has 0 aliphatic heterocycles. The Morgan fingerprint density at radius 2 is 1.63 bits per heavy atom. The number of carbonyl (C=O) groups is 1. The summed E-state index contributed by atoms with van der Waals surface area (Å²) in [7, 11) is 0. The number of amides is 2. The first-order valence-electron chi connectivity index (χ1n) is 7.44. The Labute approximate surface area is 150 Å². The first kappa shape index (κ1) is 20.2. The first-order chi connectivity index (χ1) is 12.6. The highest BCUT2D eigenvalue weighted by atomic mass is 19.4. The summed E-state index contributed by atoms with van der Waals surface area (Å²) in [6.07, 6.45) is -9.11. The maximum Gasteiger partial charge on any atom is 0.417 e. The molecule has 9 heteroatoms. The van der Waals surface area contributed by atoms with Gasteiger partial charge in [0.15, 0.2) is 0 Å². The number of benzene rings is 2. The molecule has 0 unspecified atom stereocenters. The zero-order valence-corrected chi connectivity index (χ0v) is 13.5. The maximum absolute atomic E-state index is 12.8. The molecule has 3 nitrogen and oxygen atoms in total.